The molecule has 9 heteroatoms. The molecule has 2 heterocycles. The predicted molar refractivity (Wildman–Crippen MR) is 101 cm³/mol. The number of carbonyl (C=O) groups excluding carboxylic acids is 1. The normalized spacial score (nSPS) is 10.9. The number of para-hydroxylation sites is 1. The Kier molecular flexibility index (Phi) is 4.62. The van der Waals surface area contributed by atoms with Crippen molar-refractivity contribution < 1.29 is 13.9 Å². The summed E-state index contributed by atoms with van der Waals surface area (Å²) >= 11 is 6.19. The highest BCUT2D eigenvalue weighted by atomic mass is 35.5. The van der Waals surface area contributed by atoms with Gasteiger partial charge in [0, 0.05) is 22.0 Å². The van der Waals surface area contributed by atoms with Gasteiger partial charge in [-0.2, -0.15) is 4.68 Å². The highest BCUT2D eigenvalue weighted by molar-refractivity contribution is 6.32. The maximum absolute atomic E-state index is 12.6. The summed E-state index contributed by atoms with van der Waals surface area (Å²) in [6, 6.07) is 11.4. The van der Waals surface area contributed by atoms with E-state index in [9.17, 15) is 9.59 Å². The number of aryl methyl sites for hydroxylation is 1. The van der Waals surface area contributed by atoms with Gasteiger partial charge in [-0.3, -0.25) is 0 Å². The zero-order chi connectivity index (χ0) is 19.7. The molecule has 2 aromatic heterocycles. The lowest BCUT2D eigenvalue weighted by molar-refractivity contribution is 0.0473. The van der Waals surface area contributed by atoms with Gasteiger partial charge in [0.1, 0.15) is 18.5 Å². The summed E-state index contributed by atoms with van der Waals surface area (Å²) in [5.41, 5.74) is 1.90. The Morgan fingerprint density at radius 2 is 2.07 bits per heavy atom. The number of tetrazole rings is 1. The van der Waals surface area contributed by atoms with Crippen LogP contribution in [0, 0.1) is 6.92 Å². The number of ether oxygens (including phenoxy) is 1. The van der Waals surface area contributed by atoms with Crippen LogP contribution in [-0.2, 0) is 11.3 Å². The first-order valence-electron chi connectivity index (χ1n) is 8.25. The standard InChI is InChI=1S/C19H13ClN4O4/c1-11-6-17-14(8-15(11)20)12(7-18(25)28-17)9-27-19(26)13-4-2-3-5-16(13)24-10-21-22-23-24/h2-8,10H,9H2,1H3. The molecule has 0 aliphatic rings. The van der Waals surface area contributed by atoms with Crippen molar-refractivity contribution in [1.29, 1.82) is 0 Å². The molecule has 140 valence electrons. The first-order valence-corrected chi connectivity index (χ1v) is 8.63. The minimum Gasteiger partial charge on any atom is -0.457 e. The molecule has 4 rings (SSSR count). The third-order valence-electron chi connectivity index (χ3n) is 4.19. The van der Waals surface area contributed by atoms with E-state index in [0.29, 0.717) is 27.2 Å². The third kappa shape index (κ3) is 3.37. The van der Waals surface area contributed by atoms with Crippen molar-refractivity contribution in [1.82, 2.24) is 20.2 Å². The second-order valence-corrected chi connectivity index (χ2v) is 6.44. The van der Waals surface area contributed by atoms with Crippen LogP contribution in [0.2, 0.25) is 5.02 Å². The Labute approximate surface area is 163 Å². The van der Waals surface area contributed by atoms with E-state index >= 15 is 0 Å². The molecular weight excluding hydrogens is 384 g/mol. The molecule has 4 aromatic rings. The van der Waals surface area contributed by atoms with Crippen molar-refractivity contribution >= 4 is 28.5 Å². The van der Waals surface area contributed by atoms with Gasteiger partial charge in [0.2, 0.25) is 0 Å². The van der Waals surface area contributed by atoms with E-state index in [4.69, 9.17) is 20.8 Å². The predicted octanol–water partition coefficient (Wildman–Crippen LogP) is 3.09. The minimum absolute atomic E-state index is 0.121. The number of carbonyl (C=O) groups is 1. The summed E-state index contributed by atoms with van der Waals surface area (Å²) in [6.45, 7) is 1.69. The molecule has 0 N–H and O–H groups in total. The molecule has 0 saturated carbocycles. The lowest BCUT2D eigenvalue weighted by atomic mass is 10.1. The number of nitrogens with zero attached hydrogens (tertiary/aromatic N) is 4. The molecule has 28 heavy (non-hydrogen) atoms. The molecule has 0 spiro atoms. The first-order chi connectivity index (χ1) is 13.5. The van der Waals surface area contributed by atoms with E-state index in [2.05, 4.69) is 15.5 Å². The quantitative estimate of drug-likeness (QED) is 0.386. The molecule has 0 amide bonds. The van der Waals surface area contributed by atoms with Crippen LogP contribution in [0.15, 0.2) is 58.0 Å². The lowest BCUT2D eigenvalue weighted by Crippen LogP contribution is -2.11. The fourth-order valence-electron chi connectivity index (χ4n) is 2.81. The summed E-state index contributed by atoms with van der Waals surface area (Å²) in [6.07, 6.45) is 1.38. The number of rotatable bonds is 4. The Balaban J connectivity index is 1.65. The van der Waals surface area contributed by atoms with Crippen LogP contribution in [0.5, 0.6) is 0 Å². The Bertz CT molecular complexity index is 1230. The zero-order valence-electron chi connectivity index (χ0n) is 14.6. The minimum atomic E-state index is -0.578. The van der Waals surface area contributed by atoms with E-state index in [1.807, 2.05) is 6.92 Å². The maximum Gasteiger partial charge on any atom is 0.340 e. The Hall–Kier alpha value is -3.52. The number of aromatic nitrogens is 4. The molecule has 0 bridgehead atoms. The molecule has 0 fully saturated rings. The first kappa shape index (κ1) is 17.9. The van der Waals surface area contributed by atoms with Gasteiger partial charge >= 0.3 is 11.6 Å². The molecule has 0 saturated heterocycles. The number of fused-ring (bicyclic) bond motifs is 1. The SMILES string of the molecule is Cc1cc2oc(=O)cc(COC(=O)c3ccccc3-n3cnnn3)c2cc1Cl. The van der Waals surface area contributed by atoms with Gasteiger partial charge in [-0.15, -0.1) is 5.10 Å². The molecule has 2 aromatic carbocycles. The van der Waals surface area contributed by atoms with Gasteiger partial charge in [0.05, 0.1) is 11.3 Å². The van der Waals surface area contributed by atoms with Crippen molar-refractivity contribution in [2.24, 2.45) is 0 Å². The van der Waals surface area contributed by atoms with Crippen LogP contribution >= 0.6 is 11.6 Å². The van der Waals surface area contributed by atoms with E-state index in [0.717, 1.165) is 5.56 Å². The van der Waals surface area contributed by atoms with Crippen LogP contribution in [0.25, 0.3) is 16.7 Å². The number of halogens is 1. The van der Waals surface area contributed by atoms with Crippen LogP contribution in [0.3, 0.4) is 0 Å². The third-order valence-corrected chi connectivity index (χ3v) is 4.60. The van der Waals surface area contributed by atoms with Gasteiger partial charge in [-0.05, 0) is 47.2 Å². The monoisotopic (exact) mass is 396 g/mol. The van der Waals surface area contributed by atoms with Crippen molar-refractivity contribution in [3.05, 3.63) is 80.9 Å². The number of benzene rings is 2. The smallest absolute Gasteiger partial charge is 0.340 e. The van der Waals surface area contributed by atoms with Crippen LogP contribution in [0.1, 0.15) is 21.5 Å². The molecule has 8 nitrogen and oxygen atoms in total. The second kappa shape index (κ2) is 7.24. The Morgan fingerprint density at radius 1 is 1.25 bits per heavy atom. The van der Waals surface area contributed by atoms with Crippen LogP contribution in [0.4, 0.5) is 0 Å². The van der Waals surface area contributed by atoms with Crippen molar-refractivity contribution in [3.8, 4) is 5.69 Å². The summed E-state index contributed by atoms with van der Waals surface area (Å²) in [4.78, 5) is 24.5. The average Bonchev–Trinajstić information content (AvgIpc) is 3.22. The molecule has 0 unspecified atom stereocenters. The summed E-state index contributed by atoms with van der Waals surface area (Å²) in [7, 11) is 0. The molecule has 0 radical (unpaired) electrons. The largest absolute Gasteiger partial charge is 0.457 e. The zero-order valence-corrected chi connectivity index (χ0v) is 15.4. The molecule has 0 aliphatic heterocycles. The molecular formula is C19H13ClN4O4. The van der Waals surface area contributed by atoms with E-state index in [-0.39, 0.29) is 12.2 Å². The van der Waals surface area contributed by atoms with E-state index < -0.39 is 11.6 Å². The van der Waals surface area contributed by atoms with Crippen LogP contribution < -0.4 is 5.63 Å². The molecule has 0 aliphatic carbocycles. The van der Waals surface area contributed by atoms with Crippen LogP contribution in [-0.4, -0.2) is 26.2 Å². The lowest BCUT2D eigenvalue weighted by Gasteiger charge is -2.10. The van der Waals surface area contributed by atoms with Crippen molar-refractivity contribution in [2.75, 3.05) is 0 Å². The highest BCUT2D eigenvalue weighted by Gasteiger charge is 2.16. The maximum atomic E-state index is 12.6. The van der Waals surface area contributed by atoms with Gasteiger partial charge in [-0.1, -0.05) is 23.7 Å². The van der Waals surface area contributed by atoms with E-state index in [1.165, 1.54) is 17.1 Å². The number of esters is 1. The second-order valence-electron chi connectivity index (χ2n) is 6.04. The van der Waals surface area contributed by atoms with Gasteiger partial charge in [0.25, 0.3) is 0 Å². The summed E-state index contributed by atoms with van der Waals surface area (Å²) in [5.74, 6) is -0.578. The van der Waals surface area contributed by atoms with E-state index in [1.54, 1.807) is 36.4 Å². The topological polar surface area (TPSA) is 100 Å². The highest BCUT2D eigenvalue weighted by Crippen LogP contribution is 2.26. The number of hydrogen-bond acceptors (Lipinski definition) is 7. The number of hydrogen-bond donors (Lipinski definition) is 0. The van der Waals surface area contributed by atoms with Gasteiger partial charge < -0.3 is 9.15 Å². The van der Waals surface area contributed by atoms with Gasteiger partial charge in [-0.25, -0.2) is 9.59 Å². The van der Waals surface area contributed by atoms with Crippen molar-refractivity contribution in [2.45, 2.75) is 13.5 Å². The summed E-state index contributed by atoms with van der Waals surface area (Å²) < 4.78 is 12.0. The Morgan fingerprint density at radius 3 is 2.86 bits per heavy atom. The fourth-order valence-corrected chi connectivity index (χ4v) is 2.97. The molecule has 0 atom stereocenters. The van der Waals surface area contributed by atoms with Crippen molar-refractivity contribution in [3.63, 3.8) is 0 Å². The van der Waals surface area contributed by atoms with Gasteiger partial charge in [0.15, 0.2) is 0 Å². The summed E-state index contributed by atoms with van der Waals surface area (Å²) in [5, 5.41) is 12.1. The fraction of sp³-hybridized carbons (Fsp3) is 0.105. The average molecular weight is 397 g/mol.